The van der Waals surface area contributed by atoms with Crippen molar-refractivity contribution in [3.05, 3.63) is 42.5 Å². The lowest BCUT2D eigenvalue weighted by Gasteiger charge is -2.21. The van der Waals surface area contributed by atoms with Gasteiger partial charge in [-0.2, -0.15) is 0 Å². The van der Waals surface area contributed by atoms with Crippen LogP contribution in [0.3, 0.4) is 0 Å². The van der Waals surface area contributed by atoms with Gasteiger partial charge in [0.15, 0.2) is 0 Å². The highest BCUT2D eigenvalue weighted by atomic mass is 16.5. The van der Waals surface area contributed by atoms with E-state index < -0.39 is 0 Å². The monoisotopic (exact) mass is 283 g/mol. The van der Waals surface area contributed by atoms with E-state index in [1.165, 1.54) is 5.39 Å². The first-order chi connectivity index (χ1) is 10.1. The Hall–Kier alpha value is -1.52. The number of ether oxygens (including phenoxy) is 1. The van der Waals surface area contributed by atoms with Crippen LogP contribution in [0.2, 0.25) is 6.82 Å². The molecular weight excluding hydrogens is 261 g/mol. The Bertz CT molecular complexity index is 611. The minimum Gasteiger partial charge on any atom is -0.490 e. The zero-order valence-electron chi connectivity index (χ0n) is 13.0. The molecule has 0 aliphatic carbocycles. The zero-order valence-corrected chi connectivity index (χ0v) is 13.0. The summed E-state index contributed by atoms with van der Waals surface area (Å²) >= 11 is 0. The summed E-state index contributed by atoms with van der Waals surface area (Å²) in [6, 6.07) is 15.0. The minimum absolute atomic E-state index is 0.140. The summed E-state index contributed by atoms with van der Waals surface area (Å²) in [4.78, 5) is 2.36. The Morgan fingerprint density at radius 3 is 2.76 bits per heavy atom. The van der Waals surface area contributed by atoms with Crippen molar-refractivity contribution in [3.8, 4) is 5.75 Å². The van der Waals surface area contributed by atoms with Crippen molar-refractivity contribution in [1.29, 1.82) is 0 Å². The predicted octanol–water partition coefficient (Wildman–Crippen LogP) is 3.45. The predicted molar refractivity (Wildman–Crippen MR) is 87.8 cm³/mol. The first kappa shape index (κ1) is 14.4. The molecule has 0 saturated carbocycles. The van der Waals surface area contributed by atoms with E-state index in [4.69, 9.17) is 9.39 Å². The van der Waals surface area contributed by atoms with Crippen molar-refractivity contribution >= 4 is 17.8 Å². The van der Waals surface area contributed by atoms with Crippen molar-refractivity contribution in [3.63, 3.8) is 0 Å². The Labute approximate surface area is 127 Å². The van der Waals surface area contributed by atoms with Gasteiger partial charge in [-0.3, -0.25) is 0 Å². The lowest BCUT2D eigenvalue weighted by Crippen LogP contribution is -2.37. The van der Waals surface area contributed by atoms with Gasteiger partial charge in [-0.15, -0.1) is 0 Å². The summed E-state index contributed by atoms with van der Waals surface area (Å²) in [6.07, 6.45) is 0.140. The van der Waals surface area contributed by atoms with E-state index in [1.54, 1.807) is 0 Å². The maximum atomic E-state index is 6.03. The fraction of sp³-hybridized carbons (Fsp3) is 0.412. The maximum Gasteiger partial charge on any atom is 0.379 e. The second kappa shape index (κ2) is 6.08. The first-order valence-electron chi connectivity index (χ1n) is 7.67. The summed E-state index contributed by atoms with van der Waals surface area (Å²) in [5.41, 5.74) is 0. The molecule has 1 fully saturated rings. The molecule has 1 aliphatic heterocycles. The average molecular weight is 283 g/mol. The smallest absolute Gasteiger partial charge is 0.379 e. The van der Waals surface area contributed by atoms with E-state index in [-0.39, 0.29) is 13.2 Å². The van der Waals surface area contributed by atoms with Crippen molar-refractivity contribution in [1.82, 2.24) is 4.81 Å². The molecule has 1 aliphatic rings. The average Bonchev–Trinajstić information content (AvgIpc) is 2.86. The molecule has 1 unspecified atom stereocenters. The second-order valence-corrected chi connectivity index (χ2v) is 5.94. The van der Waals surface area contributed by atoms with Crippen molar-refractivity contribution in [2.24, 2.45) is 0 Å². The van der Waals surface area contributed by atoms with Gasteiger partial charge in [-0.1, -0.05) is 50.2 Å². The van der Waals surface area contributed by atoms with Gasteiger partial charge in [0.05, 0.1) is 6.10 Å². The van der Waals surface area contributed by atoms with E-state index in [1.807, 2.05) is 24.3 Å². The van der Waals surface area contributed by atoms with E-state index in [2.05, 4.69) is 43.7 Å². The molecule has 110 valence electrons. The fourth-order valence-electron chi connectivity index (χ4n) is 3.01. The van der Waals surface area contributed by atoms with Crippen LogP contribution in [0.5, 0.6) is 5.75 Å². The highest BCUT2D eigenvalue weighted by Crippen LogP contribution is 2.26. The number of hydrogen-bond donors (Lipinski definition) is 0. The van der Waals surface area contributed by atoms with Gasteiger partial charge < -0.3 is 14.2 Å². The quantitative estimate of drug-likeness (QED) is 0.802. The summed E-state index contributed by atoms with van der Waals surface area (Å²) in [5.74, 6) is 0.937. The molecule has 2 aromatic rings. The Kier molecular flexibility index (Phi) is 4.18. The normalized spacial score (nSPS) is 19.6. The van der Waals surface area contributed by atoms with Gasteiger partial charge in [0, 0.05) is 11.9 Å². The van der Waals surface area contributed by atoms with Gasteiger partial charge in [-0.05, 0) is 24.3 Å². The van der Waals surface area contributed by atoms with Crippen LogP contribution in [0.4, 0.5) is 0 Å². The highest BCUT2D eigenvalue weighted by molar-refractivity contribution is 6.47. The largest absolute Gasteiger partial charge is 0.490 e. The summed E-state index contributed by atoms with van der Waals surface area (Å²) in [6.45, 7) is 8.05. The number of hydrogen-bond acceptors (Lipinski definition) is 3. The number of nitrogens with zero attached hydrogens (tertiary/aromatic N) is 1. The molecule has 3 nitrogen and oxygen atoms in total. The third-order valence-corrected chi connectivity index (χ3v) is 4.11. The lowest BCUT2D eigenvalue weighted by atomic mass is 9.84. The minimum atomic E-state index is 0.140. The molecule has 3 rings (SSSR count). The molecule has 1 atom stereocenters. The summed E-state index contributed by atoms with van der Waals surface area (Å²) < 4.78 is 12.0. The Morgan fingerprint density at radius 1 is 1.24 bits per heavy atom. The molecule has 0 spiro atoms. The van der Waals surface area contributed by atoms with Crippen LogP contribution in [0.1, 0.15) is 13.8 Å². The summed E-state index contributed by atoms with van der Waals surface area (Å²) in [5, 5.41) is 2.37. The van der Waals surface area contributed by atoms with Gasteiger partial charge in [-0.25, -0.2) is 0 Å². The van der Waals surface area contributed by atoms with Gasteiger partial charge >= 0.3 is 7.05 Å². The number of benzene rings is 2. The van der Waals surface area contributed by atoms with Gasteiger partial charge in [0.1, 0.15) is 12.4 Å². The number of rotatable bonds is 4. The zero-order chi connectivity index (χ0) is 14.8. The van der Waals surface area contributed by atoms with Gasteiger partial charge in [0.25, 0.3) is 0 Å². The SMILES string of the molecule is CB1OC(COc2cccc3ccccc23)CN1C(C)C. The molecule has 1 heterocycles. The molecular formula is C17H22BNO2. The first-order valence-corrected chi connectivity index (χ1v) is 7.67. The van der Waals surface area contributed by atoms with E-state index in [9.17, 15) is 0 Å². The molecule has 2 aromatic carbocycles. The third kappa shape index (κ3) is 3.06. The standard InChI is InChI=1S/C17H22BNO2/c1-13(2)19-11-15(21-18(19)3)12-20-17-10-6-8-14-7-4-5-9-16(14)17/h4-10,13,15H,11-12H2,1-3H3. The molecule has 0 amide bonds. The van der Waals surface area contributed by atoms with E-state index in [0.717, 1.165) is 17.7 Å². The Balaban J connectivity index is 1.68. The van der Waals surface area contributed by atoms with Crippen LogP contribution < -0.4 is 4.74 Å². The molecule has 0 radical (unpaired) electrons. The van der Waals surface area contributed by atoms with Crippen LogP contribution in [0.15, 0.2) is 42.5 Å². The van der Waals surface area contributed by atoms with E-state index >= 15 is 0 Å². The molecule has 0 bridgehead atoms. The van der Waals surface area contributed by atoms with E-state index in [0.29, 0.717) is 12.6 Å². The van der Waals surface area contributed by atoms with Crippen LogP contribution in [-0.2, 0) is 4.65 Å². The molecule has 21 heavy (non-hydrogen) atoms. The van der Waals surface area contributed by atoms with Crippen LogP contribution in [0, 0.1) is 0 Å². The third-order valence-electron chi connectivity index (χ3n) is 4.11. The molecule has 0 N–H and O–H groups in total. The van der Waals surface area contributed by atoms with Crippen molar-refractivity contribution < 1.29 is 9.39 Å². The maximum absolute atomic E-state index is 6.03. The lowest BCUT2D eigenvalue weighted by molar-refractivity contribution is 0.152. The van der Waals surface area contributed by atoms with Crippen LogP contribution >= 0.6 is 0 Å². The number of fused-ring (bicyclic) bond motifs is 1. The van der Waals surface area contributed by atoms with Crippen LogP contribution in [0.25, 0.3) is 10.8 Å². The van der Waals surface area contributed by atoms with Gasteiger partial charge in [0.2, 0.25) is 0 Å². The molecule has 1 saturated heterocycles. The molecule has 4 heteroatoms. The Morgan fingerprint density at radius 2 is 2.00 bits per heavy atom. The summed E-state index contributed by atoms with van der Waals surface area (Å²) in [7, 11) is 0.172. The van der Waals surface area contributed by atoms with Crippen molar-refractivity contribution in [2.75, 3.05) is 13.2 Å². The molecule has 0 aromatic heterocycles. The highest BCUT2D eigenvalue weighted by Gasteiger charge is 2.35. The topological polar surface area (TPSA) is 21.7 Å². The van der Waals surface area contributed by atoms with Crippen LogP contribution in [-0.4, -0.2) is 37.2 Å². The van der Waals surface area contributed by atoms with Crippen molar-refractivity contribution in [2.45, 2.75) is 32.8 Å². The second-order valence-electron chi connectivity index (χ2n) is 5.94. The fourth-order valence-corrected chi connectivity index (χ4v) is 3.01.